The van der Waals surface area contributed by atoms with Crippen molar-refractivity contribution in [1.82, 2.24) is 4.98 Å². The normalized spacial score (nSPS) is 10.6. The largest absolute Gasteiger partial charge is 0.325 e. The van der Waals surface area contributed by atoms with Crippen LogP contribution in [0.4, 0.5) is 5.69 Å². The SMILES string of the molecule is Cc1cc(C)c2nc(SCC(=O)Nc3cccc(C)c3C)c(C#N)cc2c1. The molecular weight excluding hydrogens is 354 g/mol. The number of aromatic nitrogens is 1. The number of pyridine rings is 1. The lowest BCUT2D eigenvalue weighted by Crippen LogP contribution is -2.15. The smallest absolute Gasteiger partial charge is 0.234 e. The van der Waals surface area contributed by atoms with E-state index in [0.717, 1.165) is 38.8 Å². The van der Waals surface area contributed by atoms with Gasteiger partial charge < -0.3 is 5.32 Å². The van der Waals surface area contributed by atoms with Crippen molar-refractivity contribution in [3.05, 3.63) is 64.2 Å². The van der Waals surface area contributed by atoms with Crippen molar-refractivity contribution in [1.29, 1.82) is 5.26 Å². The van der Waals surface area contributed by atoms with Gasteiger partial charge in [-0.2, -0.15) is 5.26 Å². The average molecular weight is 375 g/mol. The summed E-state index contributed by atoms with van der Waals surface area (Å²) in [4.78, 5) is 17.0. The molecule has 0 atom stereocenters. The summed E-state index contributed by atoms with van der Waals surface area (Å²) in [6.07, 6.45) is 0. The maximum Gasteiger partial charge on any atom is 0.234 e. The number of benzene rings is 2. The fraction of sp³-hybridized carbons (Fsp3) is 0.227. The summed E-state index contributed by atoms with van der Waals surface area (Å²) in [5.74, 6) is 0.0889. The van der Waals surface area contributed by atoms with Gasteiger partial charge in [-0.15, -0.1) is 0 Å². The third-order valence-corrected chi connectivity index (χ3v) is 5.55. The predicted molar refractivity (Wildman–Crippen MR) is 111 cm³/mol. The van der Waals surface area contributed by atoms with Crippen LogP contribution >= 0.6 is 11.8 Å². The van der Waals surface area contributed by atoms with Gasteiger partial charge in [0.15, 0.2) is 0 Å². The lowest BCUT2D eigenvalue weighted by molar-refractivity contribution is -0.113. The molecule has 0 radical (unpaired) electrons. The van der Waals surface area contributed by atoms with Crippen LogP contribution in [0.25, 0.3) is 10.9 Å². The van der Waals surface area contributed by atoms with Gasteiger partial charge in [0.25, 0.3) is 0 Å². The maximum atomic E-state index is 12.4. The molecule has 1 N–H and O–H groups in total. The Morgan fingerprint density at radius 2 is 1.93 bits per heavy atom. The maximum absolute atomic E-state index is 12.4. The van der Waals surface area contributed by atoms with Gasteiger partial charge in [0, 0.05) is 11.1 Å². The summed E-state index contributed by atoms with van der Waals surface area (Å²) < 4.78 is 0. The summed E-state index contributed by atoms with van der Waals surface area (Å²) >= 11 is 1.29. The van der Waals surface area contributed by atoms with Crippen LogP contribution in [0.5, 0.6) is 0 Å². The fourth-order valence-corrected chi connectivity index (χ4v) is 3.79. The number of nitrogens with one attached hydrogen (secondary N) is 1. The Morgan fingerprint density at radius 3 is 2.67 bits per heavy atom. The number of hydrogen-bond donors (Lipinski definition) is 1. The highest BCUT2D eigenvalue weighted by Crippen LogP contribution is 2.27. The fourth-order valence-electron chi connectivity index (χ4n) is 3.03. The van der Waals surface area contributed by atoms with Gasteiger partial charge >= 0.3 is 0 Å². The lowest BCUT2D eigenvalue weighted by Gasteiger charge is -2.11. The number of amides is 1. The Morgan fingerprint density at radius 1 is 1.15 bits per heavy atom. The number of thioether (sulfide) groups is 1. The summed E-state index contributed by atoms with van der Waals surface area (Å²) in [5.41, 5.74) is 6.58. The molecule has 2 aromatic carbocycles. The quantitative estimate of drug-likeness (QED) is 0.647. The second-order valence-electron chi connectivity index (χ2n) is 6.69. The van der Waals surface area contributed by atoms with Gasteiger partial charge in [0.1, 0.15) is 11.1 Å². The molecule has 0 spiro atoms. The Kier molecular flexibility index (Phi) is 5.48. The Balaban J connectivity index is 1.81. The molecule has 136 valence electrons. The second kappa shape index (κ2) is 7.81. The van der Waals surface area contributed by atoms with E-state index in [2.05, 4.69) is 22.4 Å². The highest BCUT2D eigenvalue weighted by atomic mass is 32.2. The third kappa shape index (κ3) is 4.12. The number of carbonyl (C=O) groups is 1. The van der Waals surface area contributed by atoms with Crippen molar-refractivity contribution >= 4 is 34.3 Å². The number of carbonyl (C=O) groups excluding carboxylic acids is 1. The molecule has 5 heteroatoms. The summed E-state index contributed by atoms with van der Waals surface area (Å²) in [5, 5.41) is 14.0. The van der Waals surface area contributed by atoms with Crippen LogP contribution in [0.1, 0.15) is 27.8 Å². The summed E-state index contributed by atoms with van der Waals surface area (Å²) in [6.45, 7) is 8.04. The summed E-state index contributed by atoms with van der Waals surface area (Å²) in [7, 11) is 0. The van der Waals surface area contributed by atoms with E-state index >= 15 is 0 Å². The molecule has 0 bridgehead atoms. The molecule has 0 unspecified atom stereocenters. The van der Waals surface area contributed by atoms with Gasteiger partial charge in [0.2, 0.25) is 5.91 Å². The number of nitriles is 1. The first-order chi connectivity index (χ1) is 12.9. The van der Waals surface area contributed by atoms with Crippen molar-refractivity contribution in [3.8, 4) is 6.07 Å². The van der Waals surface area contributed by atoms with Crippen LogP contribution in [-0.2, 0) is 4.79 Å². The Hall–Kier alpha value is -2.84. The highest BCUT2D eigenvalue weighted by molar-refractivity contribution is 8.00. The van der Waals surface area contributed by atoms with E-state index < -0.39 is 0 Å². The number of nitrogens with zero attached hydrogens (tertiary/aromatic N) is 2. The van der Waals surface area contributed by atoms with E-state index in [-0.39, 0.29) is 11.7 Å². The van der Waals surface area contributed by atoms with Crippen molar-refractivity contribution in [2.75, 3.05) is 11.1 Å². The van der Waals surface area contributed by atoms with E-state index in [1.54, 1.807) is 0 Å². The van der Waals surface area contributed by atoms with Crippen LogP contribution in [0, 0.1) is 39.0 Å². The molecule has 0 saturated heterocycles. The van der Waals surface area contributed by atoms with E-state index in [1.165, 1.54) is 11.8 Å². The number of anilines is 1. The van der Waals surface area contributed by atoms with Gasteiger partial charge in [-0.25, -0.2) is 4.98 Å². The minimum atomic E-state index is -0.111. The van der Waals surface area contributed by atoms with Crippen LogP contribution in [-0.4, -0.2) is 16.6 Å². The molecule has 27 heavy (non-hydrogen) atoms. The Labute approximate surface area is 163 Å². The van der Waals surface area contributed by atoms with Gasteiger partial charge in [-0.1, -0.05) is 35.5 Å². The number of fused-ring (bicyclic) bond motifs is 1. The zero-order valence-corrected chi connectivity index (χ0v) is 16.7. The number of rotatable bonds is 4. The molecular formula is C22H21N3OS. The zero-order valence-electron chi connectivity index (χ0n) is 15.9. The van der Waals surface area contributed by atoms with Crippen molar-refractivity contribution in [2.45, 2.75) is 32.7 Å². The second-order valence-corrected chi connectivity index (χ2v) is 7.65. The standard InChI is InChI=1S/C22H21N3OS/c1-13-8-15(3)21-17(9-13)10-18(11-23)22(25-21)27-12-20(26)24-19-7-5-6-14(2)16(19)4/h5-10H,12H2,1-4H3,(H,24,26). The van der Waals surface area contributed by atoms with Crippen LogP contribution in [0.3, 0.4) is 0 Å². The highest BCUT2D eigenvalue weighted by Gasteiger charge is 2.12. The minimum absolute atomic E-state index is 0.111. The molecule has 1 heterocycles. The molecule has 0 saturated carbocycles. The van der Waals surface area contributed by atoms with Crippen LogP contribution < -0.4 is 5.32 Å². The predicted octanol–water partition coefficient (Wildman–Crippen LogP) is 5.07. The Bertz CT molecular complexity index is 1080. The van der Waals surface area contributed by atoms with E-state index in [0.29, 0.717) is 10.6 Å². The molecule has 3 rings (SSSR count). The first kappa shape index (κ1) is 18.9. The lowest BCUT2D eigenvalue weighted by atomic mass is 10.1. The molecule has 4 nitrogen and oxygen atoms in total. The van der Waals surface area contributed by atoms with Gasteiger partial charge in [-0.05, 0) is 62.6 Å². The van der Waals surface area contributed by atoms with Gasteiger partial charge in [-0.3, -0.25) is 4.79 Å². The third-order valence-electron chi connectivity index (χ3n) is 4.56. The minimum Gasteiger partial charge on any atom is -0.325 e. The monoisotopic (exact) mass is 375 g/mol. The first-order valence-corrected chi connectivity index (χ1v) is 9.68. The average Bonchev–Trinajstić information content (AvgIpc) is 2.63. The van der Waals surface area contributed by atoms with Crippen molar-refractivity contribution in [3.63, 3.8) is 0 Å². The number of aryl methyl sites for hydroxylation is 3. The molecule has 0 aliphatic carbocycles. The van der Waals surface area contributed by atoms with E-state index in [9.17, 15) is 10.1 Å². The summed E-state index contributed by atoms with van der Waals surface area (Å²) in [6, 6.07) is 14.0. The number of hydrogen-bond acceptors (Lipinski definition) is 4. The molecule has 3 aromatic rings. The van der Waals surface area contributed by atoms with E-state index in [4.69, 9.17) is 0 Å². The molecule has 0 aliphatic rings. The zero-order chi connectivity index (χ0) is 19.6. The van der Waals surface area contributed by atoms with Gasteiger partial charge in [0.05, 0.1) is 16.8 Å². The molecule has 0 fully saturated rings. The van der Waals surface area contributed by atoms with Crippen LogP contribution in [0.2, 0.25) is 0 Å². The van der Waals surface area contributed by atoms with Crippen molar-refractivity contribution < 1.29 is 4.79 Å². The molecule has 1 amide bonds. The molecule has 0 aliphatic heterocycles. The van der Waals surface area contributed by atoms with Crippen LogP contribution in [0.15, 0.2) is 41.4 Å². The van der Waals surface area contributed by atoms with Crippen molar-refractivity contribution in [2.24, 2.45) is 0 Å². The molecule has 1 aromatic heterocycles. The van der Waals surface area contributed by atoms with E-state index in [1.807, 2.05) is 58.0 Å². The first-order valence-electron chi connectivity index (χ1n) is 8.70. The topological polar surface area (TPSA) is 65.8 Å².